The van der Waals surface area contributed by atoms with Crippen molar-refractivity contribution in [3.8, 4) is 5.75 Å². The van der Waals surface area contributed by atoms with Crippen molar-refractivity contribution >= 4 is 17.8 Å². The first-order valence-electron chi connectivity index (χ1n) is 9.36. The molecule has 0 bridgehead atoms. The van der Waals surface area contributed by atoms with Crippen LogP contribution in [0.1, 0.15) is 61.5 Å². The van der Waals surface area contributed by atoms with Crippen molar-refractivity contribution in [2.24, 2.45) is 5.10 Å². The van der Waals surface area contributed by atoms with Gasteiger partial charge in [-0.1, -0.05) is 13.0 Å². The molecule has 142 valence electrons. The molecular weight excluding hydrogens is 338 g/mol. The van der Waals surface area contributed by atoms with E-state index in [9.17, 15) is 9.90 Å². The van der Waals surface area contributed by atoms with Gasteiger partial charge in [-0.15, -0.1) is 0 Å². The summed E-state index contributed by atoms with van der Waals surface area (Å²) in [5.41, 5.74) is 6.69. The normalized spacial score (nSPS) is 18.4. The van der Waals surface area contributed by atoms with E-state index >= 15 is 0 Å². The van der Waals surface area contributed by atoms with E-state index in [4.69, 9.17) is 0 Å². The minimum atomic E-state index is -0.309. The molecule has 0 saturated carbocycles. The van der Waals surface area contributed by atoms with Crippen LogP contribution in [0.5, 0.6) is 5.75 Å². The van der Waals surface area contributed by atoms with Crippen LogP contribution in [-0.4, -0.2) is 29.3 Å². The van der Waals surface area contributed by atoms with Crippen LogP contribution in [-0.2, 0) is 0 Å². The highest BCUT2D eigenvalue weighted by Crippen LogP contribution is 2.43. The Bertz CT molecular complexity index is 856. The second kappa shape index (κ2) is 7.43. The molecule has 0 aromatic heterocycles. The number of carbonyl (C=O) groups is 1. The molecule has 1 amide bonds. The molecule has 0 fully saturated rings. The largest absolute Gasteiger partial charge is 0.508 e. The van der Waals surface area contributed by atoms with E-state index < -0.39 is 0 Å². The lowest BCUT2D eigenvalue weighted by Gasteiger charge is -2.47. The molecule has 0 aliphatic carbocycles. The molecule has 1 heterocycles. The van der Waals surface area contributed by atoms with Gasteiger partial charge in [0, 0.05) is 23.3 Å². The number of amides is 1. The first kappa shape index (κ1) is 19.0. The standard InChI is InChI=1S/C22H27N3O2/c1-5-25-20-11-6-16(12-19(20)15(2)13-22(25,3)4)14-23-24-21(27)17-7-9-18(26)10-8-17/h6-12,14-15,26H,5,13H2,1-4H3,(H,24,27)/b23-14-. The predicted molar refractivity (Wildman–Crippen MR) is 110 cm³/mol. The number of rotatable bonds is 4. The monoisotopic (exact) mass is 365 g/mol. The van der Waals surface area contributed by atoms with Gasteiger partial charge in [-0.25, -0.2) is 5.43 Å². The summed E-state index contributed by atoms with van der Waals surface area (Å²) in [5.74, 6) is 0.289. The third kappa shape index (κ3) is 3.97. The van der Waals surface area contributed by atoms with Crippen molar-refractivity contribution in [1.82, 2.24) is 5.43 Å². The molecule has 2 aromatic carbocycles. The number of hydrogen-bond donors (Lipinski definition) is 2. The summed E-state index contributed by atoms with van der Waals surface area (Å²) in [5, 5.41) is 13.4. The summed E-state index contributed by atoms with van der Waals surface area (Å²) in [7, 11) is 0. The molecule has 5 nitrogen and oxygen atoms in total. The van der Waals surface area contributed by atoms with E-state index in [0.717, 1.165) is 18.5 Å². The Balaban J connectivity index is 1.75. The van der Waals surface area contributed by atoms with Crippen LogP contribution in [0.25, 0.3) is 0 Å². The number of carbonyl (C=O) groups excluding carboxylic acids is 1. The third-order valence-electron chi connectivity index (χ3n) is 5.24. The summed E-state index contributed by atoms with van der Waals surface area (Å²) in [6.07, 6.45) is 2.77. The van der Waals surface area contributed by atoms with Gasteiger partial charge in [-0.05, 0) is 80.6 Å². The molecule has 0 radical (unpaired) electrons. The topological polar surface area (TPSA) is 64.9 Å². The molecule has 2 N–H and O–H groups in total. The minimum absolute atomic E-state index is 0.127. The van der Waals surface area contributed by atoms with Gasteiger partial charge in [-0.2, -0.15) is 5.10 Å². The maximum absolute atomic E-state index is 12.1. The average molecular weight is 365 g/mol. The van der Waals surface area contributed by atoms with Crippen LogP contribution >= 0.6 is 0 Å². The van der Waals surface area contributed by atoms with Gasteiger partial charge in [0.2, 0.25) is 0 Å². The maximum atomic E-state index is 12.1. The Hall–Kier alpha value is -2.82. The van der Waals surface area contributed by atoms with Crippen molar-refractivity contribution in [3.05, 3.63) is 59.2 Å². The van der Waals surface area contributed by atoms with Crippen molar-refractivity contribution in [1.29, 1.82) is 0 Å². The first-order valence-corrected chi connectivity index (χ1v) is 9.36. The van der Waals surface area contributed by atoms with E-state index in [0.29, 0.717) is 11.5 Å². The molecule has 0 saturated heterocycles. The Kier molecular flexibility index (Phi) is 5.22. The first-order chi connectivity index (χ1) is 12.8. The number of hydrazone groups is 1. The van der Waals surface area contributed by atoms with Crippen molar-refractivity contribution in [2.45, 2.75) is 45.6 Å². The SMILES string of the molecule is CCN1c2ccc(/C=N\NC(=O)c3ccc(O)cc3)cc2C(C)CC1(C)C. The summed E-state index contributed by atoms with van der Waals surface area (Å²) < 4.78 is 0. The number of fused-ring (bicyclic) bond motifs is 1. The van der Waals surface area contributed by atoms with Gasteiger partial charge >= 0.3 is 0 Å². The quantitative estimate of drug-likeness (QED) is 0.628. The average Bonchev–Trinajstić information content (AvgIpc) is 2.62. The Morgan fingerprint density at radius 2 is 2.00 bits per heavy atom. The lowest BCUT2D eigenvalue weighted by Crippen LogP contribution is -2.48. The van der Waals surface area contributed by atoms with E-state index in [1.165, 1.54) is 23.4 Å². The number of phenols is 1. The molecule has 0 spiro atoms. The molecule has 1 aliphatic heterocycles. The van der Waals surface area contributed by atoms with Gasteiger partial charge in [0.05, 0.1) is 6.21 Å². The third-order valence-corrected chi connectivity index (χ3v) is 5.24. The molecule has 5 heteroatoms. The lowest BCUT2D eigenvalue weighted by molar-refractivity contribution is 0.0955. The van der Waals surface area contributed by atoms with Crippen molar-refractivity contribution < 1.29 is 9.90 Å². The lowest BCUT2D eigenvalue weighted by atomic mass is 9.79. The fourth-order valence-corrected chi connectivity index (χ4v) is 4.03. The van der Waals surface area contributed by atoms with E-state index in [2.05, 4.69) is 55.3 Å². The van der Waals surface area contributed by atoms with Crippen LogP contribution < -0.4 is 10.3 Å². The fourth-order valence-electron chi connectivity index (χ4n) is 4.03. The number of benzene rings is 2. The van der Waals surface area contributed by atoms with E-state index in [1.54, 1.807) is 18.3 Å². The zero-order valence-electron chi connectivity index (χ0n) is 16.4. The van der Waals surface area contributed by atoms with Gasteiger partial charge in [0.25, 0.3) is 5.91 Å². The van der Waals surface area contributed by atoms with Crippen LogP contribution in [0.4, 0.5) is 5.69 Å². The van der Waals surface area contributed by atoms with Crippen LogP contribution in [0.3, 0.4) is 0 Å². The van der Waals surface area contributed by atoms with Crippen LogP contribution in [0.15, 0.2) is 47.6 Å². The highest BCUT2D eigenvalue weighted by atomic mass is 16.3. The second-order valence-corrected chi connectivity index (χ2v) is 7.73. The number of aromatic hydroxyl groups is 1. The Morgan fingerprint density at radius 3 is 2.67 bits per heavy atom. The number of nitrogens with one attached hydrogen (secondary N) is 1. The molecule has 2 aromatic rings. The molecule has 3 rings (SSSR count). The summed E-state index contributed by atoms with van der Waals surface area (Å²) in [6.45, 7) is 10.0. The number of hydrogen-bond acceptors (Lipinski definition) is 4. The number of phenolic OH excluding ortho intramolecular Hbond substituents is 1. The van der Waals surface area contributed by atoms with E-state index in [-0.39, 0.29) is 17.2 Å². The zero-order chi connectivity index (χ0) is 19.6. The van der Waals surface area contributed by atoms with Gasteiger partial charge < -0.3 is 10.0 Å². The predicted octanol–water partition coefficient (Wildman–Crippen LogP) is 4.27. The molecule has 1 atom stereocenters. The van der Waals surface area contributed by atoms with Gasteiger partial charge in [0.15, 0.2) is 0 Å². The van der Waals surface area contributed by atoms with E-state index in [1.807, 2.05) is 6.07 Å². The van der Waals surface area contributed by atoms with Crippen molar-refractivity contribution in [3.63, 3.8) is 0 Å². The zero-order valence-corrected chi connectivity index (χ0v) is 16.4. The fraction of sp³-hybridized carbons (Fsp3) is 0.364. The van der Waals surface area contributed by atoms with Crippen LogP contribution in [0.2, 0.25) is 0 Å². The molecular formula is C22H27N3O2. The summed E-state index contributed by atoms with van der Waals surface area (Å²) >= 11 is 0. The van der Waals surface area contributed by atoms with Crippen molar-refractivity contribution in [2.75, 3.05) is 11.4 Å². The Morgan fingerprint density at radius 1 is 1.30 bits per heavy atom. The molecule has 1 aliphatic rings. The summed E-state index contributed by atoms with van der Waals surface area (Å²) in [4.78, 5) is 14.5. The summed E-state index contributed by atoms with van der Waals surface area (Å²) in [6, 6.07) is 12.4. The minimum Gasteiger partial charge on any atom is -0.508 e. The number of anilines is 1. The molecule has 1 unspecified atom stereocenters. The maximum Gasteiger partial charge on any atom is 0.271 e. The van der Waals surface area contributed by atoms with Crippen LogP contribution in [0, 0.1) is 0 Å². The van der Waals surface area contributed by atoms with Gasteiger partial charge in [0.1, 0.15) is 5.75 Å². The Labute approximate surface area is 160 Å². The van der Waals surface area contributed by atoms with Gasteiger partial charge in [-0.3, -0.25) is 4.79 Å². The number of nitrogens with zero attached hydrogens (tertiary/aromatic N) is 2. The second-order valence-electron chi connectivity index (χ2n) is 7.73. The smallest absolute Gasteiger partial charge is 0.271 e. The highest BCUT2D eigenvalue weighted by Gasteiger charge is 2.35. The molecule has 27 heavy (non-hydrogen) atoms. The highest BCUT2D eigenvalue weighted by molar-refractivity contribution is 5.95.